The Morgan fingerprint density at radius 1 is 0.711 bits per heavy atom. The molecule has 2 aliphatic heterocycles. The maximum atomic E-state index is 8.74. The van der Waals surface area contributed by atoms with E-state index in [-0.39, 0.29) is 11.8 Å². The van der Waals surface area contributed by atoms with Crippen LogP contribution in [0.5, 0.6) is 11.5 Å². The first kappa shape index (κ1) is 29.4. The molecule has 8 nitrogen and oxygen atoms in total. The molecule has 0 spiro atoms. The van der Waals surface area contributed by atoms with Crippen LogP contribution in [0, 0.1) is 0 Å². The molecule has 1 aliphatic carbocycles. The van der Waals surface area contributed by atoms with Gasteiger partial charge in [-0.05, 0) is 87.3 Å². The van der Waals surface area contributed by atoms with Gasteiger partial charge in [0.05, 0.1) is 0 Å². The minimum Gasteiger partial charge on any atom is -0.492 e. The van der Waals surface area contributed by atoms with Crippen LogP contribution in [0.15, 0.2) is 48.5 Å². The van der Waals surface area contributed by atoms with Crippen molar-refractivity contribution in [1.29, 1.82) is 0 Å². The lowest BCUT2D eigenvalue weighted by Crippen LogP contribution is -2.25. The summed E-state index contributed by atoms with van der Waals surface area (Å²) in [7, 11) is -4.67. The maximum absolute atomic E-state index is 8.74. The average Bonchev–Trinajstić information content (AvgIpc) is 3.32. The molecule has 210 valence electrons. The van der Waals surface area contributed by atoms with E-state index >= 15 is 0 Å². The van der Waals surface area contributed by atoms with Crippen LogP contribution in [0.4, 0.5) is 0 Å². The molecular formula is C27H36Cl2N2O6S. The van der Waals surface area contributed by atoms with E-state index in [2.05, 4.69) is 34.1 Å². The molecule has 1 saturated carbocycles. The van der Waals surface area contributed by atoms with E-state index in [1.54, 1.807) is 0 Å². The van der Waals surface area contributed by atoms with Crippen molar-refractivity contribution in [3.8, 4) is 11.5 Å². The van der Waals surface area contributed by atoms with E-state index in [9.17, 15) is 0 Å². The summed E-state index contributed by atoms with van der Waals surface area (Å²) in [6, 6.07) is 16.6. The molecule has 2 N–H and O–H groups in total. The lowest BCUT2D eigenvalue weighted by atomic mass is 10.0. The zero-order valence-corrected chi connectivity index (χ0v) is 23.7. The topological polar surface area (TPSA) is 99.5 Å². The molecule has 3 fully saturated rings. The van der Waals surface area contributed by atoms with Crippen molar-refractivity contribution >= 4 is 33.6 Å². The Balaban J connectivity index is 0.000000617. The summed E-state index contributed by atoms with van der Waals surface area (Å²) in [5, 5.41) is 0. The zero-order valence-electron chi connectivity index (χ0n) is 21.3. The SMILES string of the molecule is ClC1(Cl)C(c2ccc(OCCN3CCCC3)cc2)C1c1ccc(OCCN2CCCC2)cc1.O=S(=O)(O)O. The highest BCUT2D eigenvalue weighted by Gasteiger charge is 2.64. The fourth-order valence-corrected chi connectivity index (χ4v) is 6.18. The molecule has 11 heteroatoms. The summed E-state index contributed by atoms with van der Waals surface area (Å²) in [5.41, 5.74) is 2.31. The second-order valence-electron chi connectivity index (χ2n) is 10.0. The Morgan fingerprint density at radius 3 is 1.34 bits per heavy atom. The summed E-state index contributed by atoms with van der Waals surface area (Å²) in [6.45, 7) is 8.25. The minimum absolute atomic E-state index is 0.0846. The van der Waals surface area contributed by atoms with Crippen LogP contribution in [-0.2, 0) is 10.4 Å². The smallest absolute Gasteiger partial charge is 0.394 e. The Morgan fingerprint density at radius 2 is 1.03 bits per heavy atom. The van der Waals surface area contributed by atoms with Gasteiger partial charge in [0.15, 0.2) is 0 Å². The summed E-state index contributed by atoms with van der Waals surface area (Å²) in [6.07, 6.45) is 5.24. The molecule has 3 aliphatic rings. The molecule has 0 radical (unpaired) electrons. The predicted octanol–water partition coefficient (Wildman–Crippen LogP) is 5.04. The van der Waals surface area contributed by atoms with E-state index in [0.29, 0.717) is 0 Å². The van der Waals surface area contributed by atoms with Gasteiger partial charge < -0.3 is 9.47 Å². The predicted molar refractivity (Wildman–Crippen MR) is 149 cm³/mol. The molecule has 2 saturated heterocycles. The van der Waals surface area contributed by atoms with Crippen LogP contribution >= 0.6 is 23.2 Å². The van der Waals surface area contributed by atoms with E-state index in [1.807, 2.05) is 24.3 Å². The van der Waals surface area contributed by atoms with Crippen molar-refractivity contribution in [2.24, 2.45) is 0 Å². The summed E-state index contributed by atoms with van der Waals surface area (Å²) in [5.74, 6) is 1.98. The quantitative estimate of drug-likeness (QED) is 0.295. The molecular weight excluding hydrogens is 551 g/mol. The molecule has 0 amide bonds. The van der Waals surface area contributed by atoms with Gasteiger partial charge in [-0.25, -0.2) is 0 Å². The fraction of sp³-hybridized carbons (Fsp3) is 0.556. The lowest BCUT2D eigenvalue weighted by Gasteiger charge is -2.15. The molecule has 2 unspecified atom stereocenters. The van der Waals surface area contributed by atoms with Crippen molar-refractivity contribution in [2.75, 3.05) is 52.5 Å². The molecule has 5 rings (SSSR count). The van der Waals surface area contributed by atoms with Gasteiger partial charge >= 0.3 is 10.4 Å². The van der Waals surface area contributed by atoms with Gasteiger partial charge in [0, 0.05) is 24.9 Å². The number of hydrogen-bond acceptors (Lipinski definition) is 6. The molecule has 2 atom stereocenters. The number of nitrogens with zero attached hydrogens (tertiary/aromatic N) is 2. The van der Waals surface area contributed by atoms with Crippen molar-refractivity contribution in [3.63, 3.8) is 0 Å². The van der Waals surface area contributed by atoms with Gasteiger partial charge in [-0.15, -0.1) is 23.2 Å². The van der Waals surface area contributed by atoms with Crippen molar-refractivity contribution in [3.05, 3.63) is 59.7 Å². The average molecular weight is 588 g/mol. The van der Waals surface area contributed by atoms with Gasteiger partial charge in [0.1, 0.15) is 29.0 Å². The van der Waals surface area contributed by atoms with Crippen molar-refractivity contribution in [1.82, 2.24) is 9.80 Å². The summed E-state index contributed by atoms with van der Waals surface area (Å²) in [4.78, 5) is 4.92. The maximum Gasteiger partial charge on any atom is 0.394 e. The van der Waals surface area contributed by atoms with E-state index in [0.717, 1.165) is 48.9 Å². The molecule has 38 heavy (non-hydrogen) atoms. The highest BCUT2D eigenvalue weighted by molar-refractivity contribution is 7.79. The second kappa shape index (κ2) is 13.2. The van der Waals surface area contributed by atoms with E-state index < -0.39 is 14.7 Å². The lowest BCUT2D eigenvalue weighted by molar-refractivity contribution is 0.237. The molecule has 0 bridgehead atoms. The second-order valence-corrected chi connectivity index (χ2v) is 12.4. The van der Waals surface area contributed by atoms with E-state index in [1.165, 1.54) is 51.9 Å². The molecule has 2 aromatic carbocycles. The van der Waals surface area contributed by atoms with Gasteiger partial charge in [-0.2, -0.15) is 8.42 Å². The number of likely N-dealkylation sites (tertiary alicyclic amines) is 2. The van der Waals surface area contributed by atoms with Gasteiger partial charge in [-0.1, -0.05) is 24.3 Å². The standard InChI is InChI=1S/C27H34Cl2N2O2.H2O4S/c28-27(29)25(21-5-9-23(10-6-21)32-19-17-30-13-1-2-14-30)26(27)22-7-11-24(12-8-22)33-20-18-31-15-3-4-16-31;1-5(2,3)4/h5-12,25-26H,1-4,13-20H2;(H2,1,2,3,4). The first-order valence-corrected chi connectivity index (χ1v) is 15.2. The Labute approximate surface area is 235 Å². The normalized spacial score (nSPS) is 23.1. The number of ether oxygens (including phenoxy) is 2. The van der Waals surface area contributed by atoms with Gasteiger partial charge in [0.2, 0.25) is 0 Å². The summed E-state index contributed by atoms with van der Waals surface area (Å²) >= 11 is 13.5. The minimum atomic E-state index is -4.67. The first-order valence-electron chi connectivity index (χ1n) is 13.1. The Kier molecular flexibility index (Phi) is 10.2. The van der Waals surface area contributed by atoms with Gasteiger partial charge in [-0.3, -0.25) is 18.9 Å². The van der Waals surface area contributed by atoms with Crippen LogP contribution in [0.2, 0.25) is 0 Å². The number of halogens is 2. The third-order valence-electron chi connectivity index (χ3n) is 7.28. The Bertz CT molecular complexity index is 1040. The van der Waals surface area contributed by atoms with Crippen LogP contribution in [-0.4, -0.2) is 84.1 Å². The first-order chi connectivity index (χ1) is 18.1. The molecule has 0 aromatic heterocycles. The van der Waals surface area contributed by atoms with Crippen LogP contribution in [0.3, 0.4) is 0 Å². The highest BCUT2D eigenvalue weighted by atomic mass is 35.5. The van der Waals surface area contributed by atoms with Crippen molar-refractivity contribution in [2.45, 2.75) is 41.9 Å². The number of alkyl halides is 2. The van der Waals surface area contributed by atoms with Gasteiger partial charge in [0.25, 0.3) is 0 Å². The fourth-order valence-electron chi connectivity index (χ4n) is 5.30. The molecule has 2 aromatic rings. The third-order valence-corrected chi connectivity index (χ3v) is 8.22. The monoisotopic (exact) mass is 586 g/mol. The van der Waals surface area contributed by atoms with Crippen LogP contribution in [0.1, 0.15) is 48.6 Å². The highest BCUT2D eigenvalue weighted by Crippen LogP contribution is 2.70. The molecule has 2 heterocycles. The third kappa shape index (κ3) is 8.71. The van der Waals surface area contributed by atoms with Crippen molar-refractivity contribution < 1.29 is 27.0 Å². The Hall–Kier alpha value is -1.59. The van der Waals surface area contributed by atoms with E-state index in [4.69, 9.17) is 50.2 Å². The van der Waals surface area contributed by atoms with Crippen LogP contribution < -0.4 is 9.47 Å². The zero-order chi connectivity index (χ0) is 27.2. The van der Waals surface area contributed by atoms with Crippen LogP contribution in [0.25, 0.3) is 0 Å². The summed E-state index contributed by atoms with van der Waals surface area (Å²) < 4.78 is 42.7. The number of hydrogen-bond donors (Lipinski definition) is 2. The number of rotatable bonds is 10. The number of benzene rings is 2. The largest absolute Gasteiger partial charge is 0.492 e.